The van der Waals surface area contributed by atoms with Crippen LogP contribution in [0.25, 0.3) is 6.08 Å². The van der Waals surface area contributed by atoms with Crippen molar-refractivity contribution in [1.82, 2.24) is 4.98 Å². The Labute approximate surface area is 250 Å². The summed E-state index contributed by atoms with van der Waals surface area (Å²) < 4.78 is 23.5. The monoisotopic (exact) mass is 611 g/mol. The Hall–Kier alpha value is -1.77. The highest BCUT2D eigenvalue weighted by molar-refractivity contribution is 7.09. The molecule has 0 aromatic carbocycles. The number of carbonyl (C=O) groups is 2. The fourth-order valence-electron chi connectivity index (χ4n) is 5.79. The number of cyclic esters (lactones) is 1. The number of hydrogen-bond donors (Lipinski definition) is 4. The number of carbonyl (C=O) groups excluding carboxylic acids is 2. The number of esters is 1. The fraction of sp³-hybridized carbons (Fsp3) is 0.767. The van der Waals surface area contributed by atoms with Gasteiger partial charge < -0.3 is 39.4 Å². The number of ether oxygens (including phenoxy) is 4. The molecule has 4 heterocycles. The van der Waals surface area contributed by atoms with Gasteiger partial charge in [-0.1, -0.05) is 33.6 Å². The molecule has 42 heavy (non-hydrogen) atoms. The summed E-state index contributed by atoms with van der Waals surface area (Å²) in [7, 11) is 0. The highest BCUT2D eigenvalue weighted by Gasteiger charge is 2.49. The molecule has 4 N–H and O–H groups in total. The number of rotatable bonds is 5. The fourth-order valence-corrected chi connectivity index (χ4v) is 6.36. The minimum absolute atomic E-state index is 0.0477. The number of ketones is 1. The lowest BCUT2D eigenvalue weighted by molar-refractivity contribution is -0.217. The molecular formula is C30H45NO10S. The smallest absolute Gasteiger partial charge is 0.309 e. The predicted octanol–water partition coefficient (Wildman–Crippen LogP) is 2.30. The van der Waals surface area contributed by atoms with E-state index < -0.39 is 66.8 Å². The van der Waals surface area contributed by atoms with Gasteiger partial charge in [0.25, 0.3) is 0 Å². The van der Waals surface area contributed by atoms with Crippen molar-refractivity contribution in [2.45, 2.75) is 128 Å². The molecule has 0 radical (unpaired) electrons. The number of epoxide rings is 1. The van der Waals surface area contributed by atoms with Crippen LogP contribution in [0.2, 0.25) is 0 Å². The van der Waals surface area contributed by atoms with Crippen LogP contribution in [0.4, 0.5) is 0 Å². The Morgan fingerprint density at radius 2 is 1.86 bits per heavy atom. The molecule has 3 fully saturated rings. The van der Waals surface area contributed by atoms with Crippen LogP contribution in [0.15, 0.2) is 11.0 Å². The summed E-state index contributed by atoms with van der Waals surface area (Å²) in [5, 5.41) is 44.0. The van der Waals surface area contributed by atoms with Crippen molar-refractivity contribution in [2.24, 2.45) is 11.3 Å². The molecule has 0 saturated carbocycles. The van der Waals surface area contributed by atoms with E-state index in [-0.39, 0.29) is 24.4 Å². The zero-order valence-corrected chi connectivity index (χ0v) is 25.8. The van der Waals surface area contributed by atoms with Gasteiger partial charge in [-0.3, -0.25) is 9.59 Å². The van der Waals surface area contributed by atoms with Gasteiger partial charge in [-0.2, -0.15) is 0 Å². The van der Waals surface area contributed by atoms with Gasteiger partial charge in [0.15, 0.2) is 6.29 Å². The molecule has 12 heteroatoms. The largest absolute Gasteiger partial charge is 0.458 e. The number of aliphatic hydroxyl groups is 4. The van der Waals surface area contributed by atoms with Gasteiger partial charge in [-0.05, 0) is 38.3 Å². The van der Waals surface area contributed by atoms with Gasteiger partial charge in [0.2, 0.25) is 0 Å². The van der Waals surface area contributed by atoms with Crippen LogP contribution in [0.1, 0.15) is 76.9 Å². The van der Waals surface area contributed by atoms with Crippen molar-refractivity contribution in [3.05, 3.63) is 21.7 Å². The van der Waals surface area contributed by atoms with E-state index in [2.05, 4.69) is 4.98 Å². The van der Waals surface area contributed by atoms with E-state index in [4.69, 9.17) is 18.9 Å². The summed E-state index contributed by atoms with van der Waals surface area (Å²) in [4.78, 5) is 31.8. The Morgan fingerprint density at radius 3 is 2.50 bits per heavy atom. The first kappa shape index (κ1) is 33.1. The third-order valence-corrected chi connectivity index (χ3v) is 9.54. The average molecular weight is 612 g/mol. The van der Waals surface area contributed by atoms with Gasteiger partial charge in [-0.25, -0.2) is 4.98 Å². The van der Waals surface area contributed by atoms with Gasteiger partial charge in [0.05, 0.1) is 53.6 Å². The SMILES string of the molecule is CC(=Cc1csc(C)n1)C1CC2OC2CCCCC(O)C(C)C(=O)C(C)(C)C(OC2OC(CO)C(O)C2O)CC(=O)O1. The molecule has 1 aromatic heterocycles. The number of Topliss-reactive ketones (excluding diaryl/α,β-unsaturated/α-hetero) is 1. The number of nitrogens with zero attached hydrogens (tertiary/aromatic N) is 1. The molecule has 11 nitrogen and oxygen atoms in total. The van der Waals surface area contributed by atoms with E-state index in [1.165, 1.54) is 11.3 Å². The van der Waals surface area contributed by atoms with Gasteiger partial charge >= 0.3 is 5.97 Å². The van der Waals surface area contributed by atoms with Crippen molar-refractivity contribution < 1.29 is 49.0 Å². The minimum Gasteiger partial charge on any atom is -0.458 e. The zero-order chi connectivity index (χ0) is 30.8. The molecular weight excluding hydrogens is 566 g/mol. The summed E-state index contributed by atoms with van der Waals surface area (Å²) in [5.41, 5.74) is 0.263. The second kappa shape index (κ2) is 13.9. The van der Waals surface area contributed by atoms with Crippen LogP contribution >= 0.6 is 11.3 Å². The first-order valence-corrected chi connectivity index (χ1v) is 15.6. The van der Waals surface area contributed by atoms with E-state index in [9.17, 15) is 30.0 Å². The summed E-state index contributed by atoms with van der Waals surface area (Å²) in [6.07, 6.45) is -3.20. The number of fused-ring (bicyclic) bond motifs is 1. The highest BCUT2D eigenvalue weighted by atomic mass is 32.1. The zero-order valence-electron chi connectivity index (χ0n) is 25.0. The first-order valence-electron chi connectivity index (χ1n) is 14.8. The normalized spacial score (nSPS) is 38.6. The molecule has 0 spiro atoms. The molecule has 236 valence electrons. The summed E-state index contributed by atoms with van der Waals surface area (Å²) in [6, 6.07) is 0. The quantitative estimate of drug-likeness (QED) is 0.285. The highest BCUT2D eigenvalue weighted by Crippen LogP contribution is 2.38. The third-order valence-electron chi connectivity index (χ3n) is 8.75. The van der Waals surface area contributed by atoms with E-state index in [0.717, 1.165) is 35.5 Å². The molecule has 10 atom stereocenters. The van der Waals surface area contributed by atoms with Crippen LogP contribution in [-0.2, 0) is 28.5 Å². The molecule has 0 amide bonds. The molecule has 4 rings (SSSR count). The molecule has 0 aliphatic carbocycles. The summed E-state index contributed by atoms with van der Waals surface area (Å²) in [5.74, 6) is -1.69. The average Bonchev–Trinajstić information content (AvgIpc) is 3.46. The maximum atomic E-state index is 13.7. The lowest BCUT2D eigenvalue weighted by atomic mass is 9.74. The van der Waals surface area contributed by atoms with Crippen LogP contribution in [0.3, 0.4) is 0 Å². The van der Waals surface area contributed by atoms with Crippen molar-refractivity contribution in [3.63, 3.8) is 0 Å². The molecule has 3 aliphatic heterocycles. The van der Waals surface area contributed by atoms with Gasteiger partial charge in [0.1, 0.15) is 30.2 Å². The number of aliphatic hydroxyl groups excluding tert-OH is 4. The third kappa shape index (κ3) is 7.84. The van der Waals surface area contributed by atoms with Crippen LogP contribution < -0.4 is 0 Å². The van der Waals surface area contributed by atoms with Crippen molar-refractivity contribution in [1.29, 1.82) is 0 Å². The lowest BCUT2D eigenvalue weighted by Crippen LogP contribution is -2.48. The Morgan fingerprint density at radius 1 is 1.14 bits per heavy atom. The lowest BCUT2D eigenvalue weighted by Gasteiger charge is -2.37. The molecule has 1 aromatic rings. The molecule has 0 bridgehead atoms. The second-order valence-electron chi connectivity index (χ2n) is 12.4. The Balaban J connectivity index is 1.61. The number of aryl methyl sites for hydroxylation is 1. The van der Waals surface area contributed by atoms with Crippen molar-refractivity contribution >= 4 is 29.2 Å². The minimum atomic E-state index is -1.50. The van der Waals surface area contributed by atoms with Crippen molar-refractivity contribution in [2.75, 3.05) is 6.61 Å². The number of thiazole rings is 1. The van der Waals surface area contributed by atoms with E-state index in [1.54, 1.807) is 20.8 Å². The summed E-state index contributed by atoms with van der Waals surface area (Å²) >= 11 is 1.53. The molecule has 10 unspecified atom stereocenters. The van der Waals surface area contributed by atoms with Crippen molar-refractivity contribution in [3.8, 4) is 0 Å². The topological polar surface area (TPSA) is 168 Å². The standard InChI is InChI=1S/C30H45NO10S/c1-15(10-18-14-42-17(3)31-18)21-11-22-20(38-22)9-7-6-8-19(33)16(2)28(37)30(4,5)24(12-25(34)39-21)41-29-27(36)26(35)23(13-32)40-29/h10,14,16,19-24,26-27,29,32-33,35-36H,6-9,11-13H2,1-5H3. The van der Waals surface area contributed by atoms with Crippen LogP contribution in [0, 0.1) is 18.3 Å². The van der Waals surface area contributed by atoms with E-state index in [1.807, 2.05) is 25.3 Å². The molecule has 3 aliphatic rings. The van der Waals surface area contributed by atoms with Crippen LogP contribution in [-0.4, -0.2) is 98.9 Å². The first-order chi connectivity index (χ1) is 19.8. The number of hydrogen-bond acceptors (Lipinski definition) is 12. The van der Waals surface area contributed by atoms with Gasteiger partial charge in [-0.15, -0.1) is 11.3 Å². The van der Waals surface area contributed by atoms with E-state index >= 15 is 0 Å². The maximum Gasteiger partial charge on any atom is 0.309 e. The van der Waals surface area contributed by atoms with Gasteiger partial charge in [0, 0.05) is 17.7 Å². The van der Waals surface area contributed by atoms with Crippen LogP contribution in [0.5, 0.6) is 0 Å². The summed E-state index contributed by atoms with van der Waals surface area (Å²) in [6.45, 7) is 8.15. The molecule has 3 saturated heterocycles. The maximum absolute atomic E-state index is 13.7. The van der Waals surface area contributed by atoms with E-state index in [0.29, 0.717) is 12.8 Å². The Bertz CT molecular complexity index is 1120. The predicted molar refractivity (Wildman–Crippen MR) is 153 cm³/mol. The second-order valence-corrected chi connectivity index (χ2v) is 13.4. The number of aromatic nitrogens is 1. The Kier molecular flexibility index (Phi) is 11.0.